The summed E-state index contributed by atoms with van der Waals surface area (Å²) in [6.45, 7) is -0.443. The van der Waals surface area contributed by atoms with E-state index in [-0.39, 0.29) is 29.5 Å². The van der Waals surface area contributed by atoms with Crippen molar-refractivity contribution in [2.24, 2.45) is 0 Å². The predicted octanol–water partition coefficient (Wildman–Crippen LogP) is 3.54. The van der Waals surface area contributed by atoms with Gasteiger partial charge in [-0.2, -0.15) is 0 Å². The fourth-order valence-corrected chi connectivity index (χ4v) is 1.84. The Bertz CT molecular complexity index is 705. The van der Waals surface area contributed by atoms with Gasteiger partial charge in [0.25, 0.3) is 0 Å². The number of aliphatic hydroxyl groups is 1. The molecule has 0 radical (unpaired) electrons. The second kappa shape index (κ2) is 7.07. The van der Waals surface area contributed by atoms with Crippen LogP contribution in [0.1, 0.15) is 11.1 Å². The first-order chi connectivity index (χ1) is 10.1. The average molecular weight is 309 g/mol. The molecule has 0 heterocycles. The lowest BCUT2D eigenvalue weighted by Crippen LogP contribution is -2.00. The van der Waals surface area contributed by atoms with Crippen LogP contribution < -0.4 is 4.74 Å². The summed E-state index contributed by atoms with van der Waals surface area (Å²) in [4.78, 5) is 0. The van der Waals surface area contributed by atoms with Crippen molar-refractivity contribution in [3.05, 3.63) is 64.2 Å². The van der Waals surface area contributed by atoms with E-state index < -0.39 is 11.6 Å². The van der Waals surface area contributed by atoms with Crippen molar-refractivity contribution in [2.45, 2.75) is 6.61 Å². The van der Waals surface area contributed by atoms with Gasteiger partial charge < -0.3 is 9.84 Å². The molecule has 0 fully saturated rings. The lowest BCUT2D eigenvalue weighted by Gasteiger charge is -2.09. The lowest BCUT2D eigenvalue weighted by molar-refractivity contribution is 0.284. The van der Waals surface area contributed by atoms with Gasteiger partial charge in [0.15, 0.2) is 11.6 Å². The molecule has 0 saturated carbocycles. The van der Waals surface area contributed by atoms with Crippen LogP contribution in [0.3, 0.4) is 0 Å². The van der Waals surface area contributed by atoms with Crippen LogP contribution in [-0.4, -0.2) is 11.7 Å². The summed E-state index contributed by atoms with van der Waals surface area (Å²) in [7, 11) is 0. The van der Waals surface area contributed by atoms with Gasteiger partial charge in [0.1, 0.15) is 19.0 Å². The van der Waals surface area contributed by atoms with Gasteiger partial charge in [-0.05, 0) is 24.3 Å². The van der Waals surface area contributed by atoms with Gasteiger partial charge in [-0.3, -0.25) is 0 Å². The smallest absolute Gasteiger partial charge is 0.165 e. The Labute approximate surface area is 125 Å². The monoisotopic (exact) mass is 308 g/mol. The first kappa shape index (κ1) is 15.3. The molecule has 0 amide bonds. The Kier molecular flexibility index (Phi) is 5.15. The Hall–Kier alpha value is -2.09. The SMILES string of the molecule is OCC#Cc1ccc(F)c(OCc2cccc(Cl)c2F)c1. The lowest BCUT2D eigenvalue weighted by atomic mass is 10.2. The maximum Gasteiger partial charge on any atom is 0.165 e. The molecule has 0 aliphatic heterocycles. The topological polar surface area (TPSA) is 29.5 Å². The highest BCUT2D eigenvalue weighted by Crippen LogP contribution is 2.22. The number of hydrogen-bond acceptors (Lipinski definition) is 2. The van der Waals surface area contributed by atoms with E-state index in [1.807, 2.05) is 0 Å². The highest BCUT2D eigenvalue weighted by Gasteiger charge is 2.09. The second-order valence-electron chi connectivity index (χ2n) is 4.11. The third-order valence-corrected chi connectivity index (χ3v) is 2.95. The largest absolute Gasteiger partial charge is 0.486 e. The van der Waals surface area contributed by atoms with Crippen LogP contribution >= 0.6 is 11.6 Å². The van der Waals surface area contributed by atoms with Gasteiger partial charge in [-0.25, -0.2) is 8.78 Å². The summed E-state index contributed by atoms with van der Waals surface area (Å²) >= 11 is 5.66. The highest BCUT2D eigenvalue weighted by atomic mass is 35.5. The van der Waals surface area contributed by atoms with E-state index in [1.54, 1.807) is 6.07 Å². The van der Waals surface area contributed by atoms with Crippen molar-refractivity contribution >= 4 is 11.6 Å². The van der Waals surface area contributed by atoms with E-state index in [0.717, 1.165) is 0 Å². The second-order valence-corrected chi connectivity index (χ2v) is 4.51. The summed E-state index contributed by atoms with van der Waals surface area (Å²) in [6, 6.07) is 8.57. The van der Waals surface area contributed by atoms with E-state index >= 15 is 0 Å². The molecule has 5 heteroatoms. The standard InChI is InChI=1S/C16H11ClF2O2/c17-13-5-1-4-12(16(13)19)10-21-15-9-11(3-2-8-20)6-7-14(15)18/h1,4-7,9,20H,8,10H2. The molecule has 0 atom stereocenters. The highest BCUT2D eigenvalue weighted by molar-refractivity contribution is 6.30. The van der Waals surface area contributed by atoms with Crippen LogP contribution in [0.4, 0.5) is 8.78 Å². The molecule has 21 heavy (non-hydrogen) atoms. The third kappa shape index (κ3) is 3.94. The van der Waals surface area contributed by atoms with Crippen LogP contribution in [0.25, 0.3) is 0 Å². The maximum absolute atomic E-state index is 13.7. The Morgan fingerprint density at radius 1 is 1.19 bits per heavy atom. The van der Waals surface area contributed by atoms with Gasteiger partial charge in [0.2, 0.25) is 0 Å². The Morgan fingerprint density at radius 3 is 2.76 bits per heavy atom. The summed E-state index contributed by atoms with van der Waals surface area (Å²) in [5, 5.41) is 8.61. The molecule has 0 aliphatic carbocycles. The molecule has 0 spiro atoms. The van der Waals surface area contributed by atoms with E-state index in [0.29, 0.717) is 5.56 Å². The van der Waals surface area contributed by atoms with E-state index in [9.17, 15) is 8.78 Å². The van der Waals surface area contributed by atoms with Gasteiger partial charge >= 0.3 is 0 Å². The van der Waals surface area contributed by atoms with Gasteiger partial charge in [0.05, 0.1) is 5.02 Å². The number of hydrogen-bond donors (Lipinski definition) is 1. The molecule has 2 nitrogen and oxygen atoms in total. The van der Waals surface area contributed by atoms with Crippen LogP contribution in [0, 0.1) is 23.5 Å². The van der Waals surface area contributed by atoms with Crippen LogP contribution in [0.2, 0.25) is 5.02 Å². The molecule has 1 N–H and O–H groups in total. The zero-order chi connectivity index (χ0) is 15.2. The van der Waals surface area contributed by atoms with E-state index in [2.05, 4.69) is 11.8 Å². The fraction of sp³-hybridized carbons (Fsp3) is 0.125. The first-order valence-corrected chi connectivity index (χ1v) is 6.44. The Morgan fingerprint density at radius 2 is 2.00 bits per heavy atom. The molecule has 2 aromatic rings. The van der Waals surface area contributed by atoms with E-state index in [4.69, 9.17) is 21.4 Å². The minimum absolute atomic E-state index is 0.0147. The molecule has 0 saturated heterocycles. The molecular weight excluding hydrogens is 298 g/mol. The van der Waals surface area contributed by atoms with Crippen molar-refractivity contribution in [3.63, 3.8) is 0 Å². The molecular formula is C16H11ClF2O2. The molecule has 0 unspecified atom stereocenters. The molecule has 108 valence electrons. The molecule has 2 aromatic carbocycles. The van der Waals surface area contributed by atoms with Crippen molar-refractivity contribution < 1.29 is 18.6 Å². The van der Waals surface area contributed by atoms with Crippen molar-refractivity contribution in [3.8, 4) is 17.6 Å². The maximum atomic E-state index is 13.7. The number of rotatable bonds is 3. The average Bonchev–Trinajstić information content (AvgIpc) is 2.49. The normalized spacial score (nSPS) is 9.90. The van der Waals surface area contributed by atoms with Crippen molar-refractivity contribution in [2.75, 3.05) is 6.61 Å². The molecule has 0 aromatic heterocycles. The minimum atomic E-state index is -0.587. The molecule has 2 rings (SSSR count). The van der Waals surface area contributed by atoms with Crippen LogP contribution in [0.15, 0.2) is 36.4 Å². The number of benzene rings is 2. The van der Waals surface area contributed by atoms with Crippen molar-refractivity contribution in [1.82, 2.24) is 0 Å². The third-order valence-electron chi connectivity index (χ3n) is 2.66. The molecule has 0 bridgehead atoms. The first-order valence-electron chi connectivity index (χ1n) is 6.07. The summed E-state index contributed by atoms with van der Waals surface area (Å²) in [6.07, 6.45) is 0. The fourth-order valence-electron chi connectivity index (χ4n) is 1.65. The zero-order valence-corrected chi connectivity index (χ0v) is 11.6. The number of ether oxygens (including phenoxy) is 1. The van der Waals surface area contributed by atoms with Crippen LogP contribution in [-0.2, 0) is 6.61 Å². The van der Waals surface area contributed by atoms with Gasteiger partial charge in [0, 0.05) is 11.1 Å². The van der Waals surface area contributed by atoms with Gasteiger partial charge in [-0.1, -0.05) is 35.6 Å². The predicted molar refractivity (Wildman–Crippen MR) is 76.1 cm³/mol. The minimum Gasteiger partial charge on any atom is -0.486 e. The van der Waals surface area contributed by atoms with Crippen molar-refractivity contribution in [1.29, 1.82) is 0 Å². The summed E-state index contributed by atoms with van der Waals surface area (Å²) in [5.74, 6) is 3.88. The summed E-state index contributed by atoms with van der Waals surface area (Å²) in [5.41, 5.74) is 0.723. The molecule has 0 aliphatic rings. The van der Waals surface area contributed by atoms with E-state index in [1.165, 1.54) is 30.3 Å². The number of halogens is 3. The van der Waals surface area contributed by atoms with Gasteiger partial charge in [-0.15, -0.1) is 0 Å². The Balaban J connectivity index is 2.17. The summed E-state index contributed by atoms with van der Waals surface area (Å²) < 4.78 is 32.6. The number of aliphatic hydroxyl groups excluding tert-OH is 1. The van der Waals surface area contributed by atoms with Crippen LogP contribution in [0.5, 0.6) is 5.75 Å². The zero-order valence-electron chi connectivity index (χ0n) is 10.9. The quantitative estimate of drug-likeness (QED) is 0.879.